The standard InChI is InChI=1S/C22H27ClN2O4S/c1-16(26)24(10-3-12-28-2)14-22(27)25-11-8-21-19(9-13-30-21)20(25)15-29-18-6-4-17(23)5-7-18/h4-7,9,13,20H,3,8,10-12,14-15H2,1-2H3. The fraction of sp³-hybridized carbons (Fsp3) is 0.455. The van der Waals surface area contributed by atoms with E-state index in [1.165, 1.54) is 11.8 Å². The van der Waals surface area contributed by atoms with E-state index in [1.807, 2.05) is 17.0 Å². The van der Waals surface area contributed by atoms with Crippen molar-refractivity contribution in [2.24, 2.45) is 0 Å². The number of fused-ring (bicyclic) bond motifs is 1. The van der Waals surface area contributed by atoms with E-state index in [0.29, 0.717) is 43.5 Å². The third-order valence-corrected chi connectivity index (χ3v) is 6.43. The number of benzene rings is 1. The maximum atomic E-state index is 13.2. The van der Waals surface area contributed by atoms with E-state index < -0.39 is 0 Å². The number of hydrogen-bond donors (Lipinski definition) is 0. The van der Waals surface area contributed by atoms with E-state index in [4.69, 9.17) is 21.1 Å². The highest BCUT2D eigenvalue weighted by Crippen LogP contribution is 2.34. The molecule has 1 aromatic carbocycles. The summed E-state index contributed by atoms with van der Waals surface area (Å²) >= 11 is 7.66. The Labute approximate surface area is 186 Å². The molecular formula is C22H27ClN2O4S. The first-order valence-electron chi connectivity index (χ1n) is 9.98. The largest absolute Gasteiger partial charge is 0.491 e. The molecule has 2 heterocycles. The van der Waals surface area contributed by atoms with Crippen LogP contribution >= 0.6 is 22.9 Å². The van der Waals surface area contributed by atoms with Crippen molar-refractivity contribution in [1.82, 2.24) is 9.80 Å². The Kier molecular flexibility index (Phi) is 8.13. The van der Waals surface area contributed by atoms with Crippen molar-refractivity contribution in [3.05, 3.63) is 51.2 Å². The van der Waals surface area contributed by atoms with Crippen LogP contribution in [0.15, 0.2) is 35.7 Å². The Morgan fingerprint density at radius 2 is 2.03 bits per heavy atom. The second-order valence-corrected chi connectivity index (χ2v) is 8.64. The molecule has 2 aromatic rings. The Bertz CT molecular complexity index is 855. The predicted molar refractivity (Wildman–Crippen MR) is 118 cm³/mol. The van der Waals surface area contributed by atoms with Crippen molar-refractivity contribution in [3.8, 4) is 5.75 Å². The molecule has 1 aliphatic rings. The topological polar surface area (TPSA) is 59.1 Å². The number of carbonyl (C=O) groups excluding carboxylic acids is 2. The van der Waals surface area contributed by atoms with Gasteiger partial charge in [-0.1, -0.05) is 11.6 Å². The second kappa shape index (κ2) is 10.8. The number of halogens is 1. The molecular weight excluding hydrogens is 424 g/mol. The van der Waals surface area contributed by atoms with Gasteiger partial charge in [0.2, 0.25) is 11.8 Å². The van der Waals surface area contributed by atoms with Crippen LogP contribution in [-0.2, 0) is 20.7 Å². The van der Waals surface area contributed by atoms with Crippen LogP contribution in [0.2, 0.25) is 5.02 Å². The van der Waals surface area contributed by atoms with Gasteiger partial charge in [-0.2, -0.15) is 0 Å². The Hall–Kier alpha value is -2.09. The molecule has 1 aromatic heterocycles. The summed E-state index contributed by atoms with van der Waals surface area (Å²) in [6, 6.07) is 9.08. The summed E-state index contributed by atoms with van der Waals surface area (Å²) in [6.45, 7) is 3.58. The summed E-state index contributed by atoms with van der Waals surface area (Å²) in [5.41, 5.74) is 1.13. The van der Waals surface area contributed by atoms with E-state index in [9.17, 15) is 9.59 Å². The number of thiophene rings is 1. The molecule has 6 nitrogen and oxygen atoms in total. The normalized spacial score (nSPS) is 15.6. The molecule has 1 atom stereocenters. The average molecular weight is 451 g/mol. The van der Waals surface area contributed by atoms with Gasteiger partial charge in [0.1, 0.15) is 12.4 Å². The van der Waals surface area contributed by atoms with Crippen LogP contribution in [0.1, 0.15) is 29.8 Å². The molecule has 0 N–H and O–H groups in total. The Morgan fingerprint density at radius 1 is 1.27 bits per heavy atom. The molecule has 0 fully saturated rings. The lowest BCUT2D eigenvalue weighted by Gasteiger charge is -2.37. The van der Waals surface area contributed by atoms with Gasteiger partial charge in [0, 0.05) is 43.6 Å². The number of ether oxygens (including phenoxy) is 2. The molecule has 0 bridgehead atoms. The number of carbonyl (C=O) groups is 2. The Balaban J connectivity index is 1.71. The zero-order valence-electron chi connectivity index (χ0n) is 17.3. The monoisotopic (exact) mass is 450 g/mol. The first-order chi connectivity index (χ1) is 14.5. The van der Waals surface area contributed by atoms with Crippen molar-refractivity contribution in [2.45, 2.75) is 25.8 Å². The van der Waals surface area contributed by atoms with Crippen LogP contribution in [0.3, 0.4) is 0 Å². The number of rotatable bonds is 9. The Morgan fingerprint density at radius 3 is 2.73 bits per heavy atom. The first kappa shape index (κ1) is 22.6. The van der Waals surface area contributed by atoms with Gasteiger partial charge in [0.25, 0.3) is 0 Å². The van der Waals surface area contributed by atoms with Gasteiger partial charge in [-0.15, -0.1) is 11.3 Å². The van der Waals surface area contributed by atoms with Crippen molar-refractivity contribution in [3.63, 3.8) is 0 Å². The third-order valence-electron chi connectivity index (χ3n) is 5.18. The molecule has 2 amide bonds. The maximum Gasteiger partial charge on any atom is 0.242 e. The molecule has 0 saturated carbocycles. The van der Waals surface area contributed by atoms with Crippen LogP contribution in [0, 0.1) is 0 Å². The van der Waals surface area contributed by atoms with E-state index >= 15 is 0 Å². The fourth-order valence-corrected chi connectivity index (χ4v) is 4.64. The SMILES string of the molecule is COCCCN(CC(=O)N1CCc2sccc2C1COc1ccc(Cl)cc1)C(C)=O. The quantitative estimate of drug-likeness (QED) is 0.545. The summed E-state index contributed by atoms with van der Waals surface area (Å²) < 4.78 is 11.1. The fourth-order valence-electron chi connectivity index (χ4n) is 3.58. The van der Waals surface area contributed by atoms with Crippen molar-refractivity contribution in [1.29, 1.82) is 0 Å². The van der Waals surface area contributed by atoms with Crippen LogP contribution in [-0.4, -0.2) is 61.6 Å². The predicted octanol–water partition coefficient (Wildman–Crippen LogP) is 3.79. The summed E-state index contributed by atoms with van der Waals surface area (Å²) in [5.74, 6) is 0.532. The lowest BCUT2D eigenvalue weighted by Crippen LogP contribution is -2.47. The van der Waals surface area contributed by atoms with Gasteiger partial charge >= 0.3 is 0 Å². The van der Waals surface area contributed by atoms with Crippen molar-refractivity contribution in [2.75, 3.05) is 40.0 Å². The van der Waals surface area contributed by atoms with Crippen LogP contribution in [0.5, 0.6) is 5.75 Å². The smallest absolute Gasteiger partial charge is 0.242 e. The molecule has 1 unspecified atom stereocenters. The summed E-state index contributed by atoms with van der Waals surface area (Å²) in [4.78, 5) is 29.9. The van der Waals surface area contributed by atoms with Gasteiger partial charge in [-0.25, -0.2) is 0 Å². The highest BCUT2D eigenvalue weighted by atomic mass is 35.5. The van der Waals surface area contributed by atoms with Crippen LogP contribution < -0.4 is 4.74 Å². The third kappa shape index (κ3) is 5.74. The van der Waals surface area contributed by atoms with Gasteiger partial charge in [-0.3, -0.25) is 9.59 Å². The van der Waals surface area contributed by atoms with Gasteiger partial charge < -0.3 is 19.3 Å². The molecule has 30 heavy (non-hydrogen) atoms. The minimum atomic E-state index is -0.184. The van der Waals surface area contributed by atoms with Gasteiger partial charge in [-0.05, 0) is 54.1 Å². The average Bonchev–Trinajstić information content (AvgIpc) is 3.21. The number of methoxy groups -OCH3 is 1. The lowest BCUT2D eigenvalue weighted by molar-refractivity contribution is -0.142. The molecule has 3 rings (SSSR count). The lowest BCUT2D eigenvalue weighted by atomic mass is 10.0. The summed E-state index contributed by atoms with van der Waals surface area (Å²) in [5, 5.41) is 2.70. The molecule has 0 aliphatic carbocycles. The van der Waals surface area contributed by atoms with Crippen LogP contribution in [0.25, 0.3) is 0 Å². The number of nitrogens with zero attached hydrogens (tertiary/aromatic N) is 2. The molecule has 0 spiro atoms. The van der Waals surface area contributed by atoms with E-state index in [2.05, 4.69) is 11.4 Å². The van der Waals surface area contributed by atoms with Crippen molar-refractivity contribution < 1.29 is 19.1 Å². The van der Waals surface area contributed by atoms with Gasteiger partial charge in [0.05, 0.1) is 12.6 Å². The zero-order chi connectivity index (χ0) is 21.5. The van der Waals surface area contributed by atoms with E-state index in [1.54, 1.807) is 35.5 Å². The summed E-state index contributed by atoms with van der Waals surface area (Å²) in [6.07, 6.45) is 1.51. The van der Waals surface area contributed by atoms with Crippen LogP contribution in [0.4, 0.5) is 0 Å². The number of hydrogen-bond acceptors (Lipinski definition) is 5. The molecule has 1 aliphatic heterocycles. The molecule has 8 heteroatoms. The molecule has 162 valence electrons. The maximum absolute atomic E-state index is 13.2. The second-order valence-electron chi connectivity index (χ2n) is 7.20. The van der Waals surface area contributed by atoms with Gasteiger partial charge in [0.15, 0.2) is 0 Å². The van der Waals surface area contributed by atoms with E-state index in [-0.39, 0.29) is 24.4 Å². The van der Waals surface area contributed by atoms with E-state index in [0.717, 1.165) is 12.0 Å². The molecule has 0 radical (unpaired) electrons. The minimum Gasteiger partial charge on any atom is -0.491 e. The summed E-state index contributed by atoms with van der Waals surface area (Å²) in [7, 11) is 1.63. The number of amides is 2. The highest BCUT2D eigenvalue weighted by molar-refractivity contribution is 7.10. The van der Waals surface area contributed by atoms with Crippen molar-refractivity contribution >= 4 is 34.8 Å². The first-order valence-corrected chi connectivity index (χ1v) is 11.2. The highest BCUT2D eigenvalue weighted by Gasteiger charge is 2.33. The zero-order valence-corrected chi connectivity index (χ0v) is 18.9. The molecule has 0 saturated heterocycles. The minimum absolute atomic E-state index is 0.0654.